The van der Waals surface area contributed by atoms with Crippen LogP contribution in [0.2, 0.25) is 0 Å². The minimum absolute atomic E-state index is 0.0956. The van der Waals surface area contributed by atoms with E-state index in [0.29, 0.717) is 34.3 Å². The molecule has 0 aliphatic rings. The first kappa shape index (κ1) is 18.5. The van der Waals surface area contributed by atoms with Gasteiger partial charge in [0.05, 0.1) is 12.7 Å². The molecular weight excluding hydrogens is 346 g/mol. The van der Waals surface area contributed by atoms with Crippen LogP contribution in [-0.2, 0) is 11.4 Å². The lowest BCUT2D eigenvalue weighted by molar-refractivity contribution is -0.118. The van der Waals surface area contributed by atoms with Gasteiger partial charge in [0.25, 0.3) is 5.91 Å². The highest BCUT2D eigenvalue weighted by Gasteiger charge is 2.13. The zero-order valence-electron chi connectivity index (χ0n) is 15.2. The third kappa shape index (κ3) is 4.48. The van der Waals surface area contributed by atoms with Crippen molar-refractivity contribution in [3.8, 4) is 22.8 Å². The first-order chi connectivity index (χ1) is 13.1. The lowest BCUT2D eigenvalue weighted by Crippen LogP contribution is -2.20. The van der Waals surface area contributed by atoms with Gasteiger partial charge in [-0.1, -0.05) is 18.2 Å². The molecule has 2 N–H and O–H groups in total. The van der Waals surface area contributed by atoms with Gasteiger partial charge in [0.1, 0.15) is 29.6 Å². The van der Waals surface area contributed by atoms with Gasteiger partial charge in [-0.3, -0.25) is 4.79 Å². The highest BCUT2D eigenvalue weighted by molar-refractivity contribution is 5.93. The average molecular weight is 367 g/mol. The zero-order chi connectivity index (χ0) is 19.2. The second-order valence-corrected chi connectivity index (χ2v) is 5.94. The van der Waals surface area contributed by atoms with Crippen LogP contribution < -0.4 is 14.8 Å². The number of hydrogen-bond donors (Lipinski definition) is 2. The van der Waals surface area contributed by atoms with Crippen LogP contribution in [0.5, 0.6) is 11.5 Å². The number of nitrogens with one attached hydrogen (secondary N) is 1. The predicted molar refractivity (Wildman–Crippen MR) is 102 cm³/mol. The number of ether oxygens (including phenoxy) is 2. The minimum Gasteiger partial charge on any atom is -0.496 e. The number of hydrogen-bond acceptors (Lipinski definition) is 5. The maximum atomic E-state index is 12.2. The number of methoxy groups -OCH3 is 1. The van der Waals surface area contributed by atoms with Crippen molar-refractivity contribution in [1.29, 1.82) is 0 Å². The highest BCUT2D eigenvalue weighted by Crippen LogP contribution is 2.33. The van der Waals surface area contributed by atoms with Crippen LogP contribution in [0.3, 0.4) is 0 Å². The molecule has 0 unspecified atom stereocenters. The zero-order valence-corrected chi connectivity index (χ0v) is 15.2. The second kappa shape index (κ2) is 8.42. The summed E-state index contributed by atoms with van der Waals surface area (Å²) in [5.74, 6) is 2.00. The molecule has 0 spiro atoms. The fourth-order valence-corrected chi connectivity index (χ4v) is 2.64. The van der Waals surface area contributed by atoms with Gasteiger partial charge in [0, 0.05) is 5.69 Å². The summed E-state index contributed by atoms with van der Waals surface area (Å²) < 4.78 is 16.5. The minimum atomic E-state index is -0.273. The Kier molecular flexibility index (Phi) is 5.78. The maximum Gasteiger partial charge on any atom is 0.262 e. The van der Waals surface area contributed by atoms with Crippen molar-refractivity contribution in [3.05, 3.63) is 65.9 Å². The number of aliphatic hydroxyl groups excluding tert-OH is 1. The first-order valence-electron chi connectivity index (χ1n) is 8.47. The van der Waals surface area contributed by atoms with Crippen LogP contribution in [0.15, 0.2) is 59.0 Å². The Morgan fingerprint density at radius 2 is 1.93 bits per heavy atom. The SMILES string of the molecule is COc1ccc(NC(=O)COc2ccccc2C)cc1-c1ccc(CO)o1. The van der Waals surface area contributed by atoms with Crippen LogP contribution in [0, 0.1) is 6.92 Å². The van der Waals surface area contributed by atoms with E-state index in [9.17, 15) is 9.90 Å². The van der Waals surface area contributed by atoms with E-state index in [1.54, 1.807) is 37.4 Å². The lowest BCUT2D eigenvalue weighted by atomic mass is 10.1. The summed E-state index contributed by atoms with van der Waals surface area (Å²) in [5.41, 5.74) is 2.23. The monoisotopic (exact) mass is 367 g/mol. The molecule has 2 aromatic carbocycles. The largest absolute Gasteiger partial charge is 0.496 e. The van der Waals surface area contributed by atoms with Gasteiger partial charge in [-0.25, -0.2) is 0 Å². The molecule has 3 aromatic rings. The quantitative estimate of drug-likeness (QED) is 0.664. The predicted octanol–water partition coefficient (Wildman–Crippen LogP) is 3.77. The highest BCUT2D eigenvalue weighted by atomic mass is 16.5. The van der Waals surface area contributed by atoms with Crippen molar-refractivity contribution < 1.29 is 23.8 Å². The number of carbonyl (C=O) groups is 1. The van der Waals surface area contributed by atoms with E-state index in [0.717, 1.165) is 5.56 Å². The van der Waals surface area contributed by atoms with Crippen LogP contribution >= 0.6 is 0 Å². The van der Waals surface area contributed by atoms with Crippen LogP contribution in [0.4, 0.5) is 5.69 Å². The molecule has 1 heterocycles. The molecule has 27 heavy (non-hydrogen) atoms. The Bertz CT molecular complexity index is 932. The summed E-state index contributed by atoms with van der Waals surface area (Å²) in [7, 11) is 1.56. The summed E-state index contributed by atoms with van der Waals surface area (Å²) in [4.78, 5) is 12.2. The molecule has 3 rings (SSSR count). The van der Waals surface area contributed by atoms with Gasteiger partial charge in [0.15, 0.2) is 6.61 Å². The summed E-state index contributed by atoms with van der Waals surface area (Å²) in [6.45, 7) is 1.64. The smallest absolute Gasteiger partial charge is 0.262 e. The topological polar surface area (TPSA) is 80.9 Å². The molecule has 1 amide bonds. The van der Waals surface area contributed by atoms with Gasteiger partial charge in [0.2, 0.25) is 0 Å². The Morgan fingerprint density at radius 3 is 2.63 bits per heavy atom. The van der Waals surface area contributed by atoms with E-state index in [1.165, 1.54) is 0 Å². The van der Waals surface area contributed by atoms with E-state index in [4.69, 9.17) is 13.9 Å². The summed E-state index contributed by atoms with van der Waals surface area (Å²) >= 11 is 0. The number of aliphatic hydroxyl groups is 1. The van der Waals surface area contributed by atoms with Gasteiger partial charge in [-0.2, -0.15) is 0 Å². The molecule has 140 valence electrons. The van der Waals surface area contributed by atoms with Crippen LogP contribution in [0.1, 0.15) is 11.3 Å². The third-order valence-electron chi connectivity index (χ3n) is 4.02. The molecule has 0 saturated heterocycles. The molecule has 0 bridgehead atoms. The standard InChI is InChI=1S/C21H21NO5/c1-14-5-3-4-6-18(14)26-13-21(24)22-15-7-9-19(25-2)17(11-15)20-10-8-16(12-23)27-20/h3-11,23H,12-13H2,1-2H3,(H,22,24). The normalized spacial score (nSPS) is 10.5. The molecule has 0 saturated carbocycles. The first-order valence-corrected chi connectivity index (χ1v) is 8.47. The van der Waals surface area contributed by atoms with Gasteiger partial charge < -0.3 is 24.3 Å². The fourth-order valence-electron chi connectivity index (χ4n) is 2.64. The Labute approximate surface area is 157 Å². The molecule has 0 aliphatic heterocycles. The molecule has 0 radical (unpaired) electrons. The van der Waals surface area contributed by atoms with Crippen molar-refractivity contribution in [1.82, 2.24) is 0 Å². The summed E-state index contributed by atoms with van der Waals surface area (Å²) in [6.07, 6.45) is 0. The summed E-state index contributed by atoms with van der Waals surface area (Å²) in [5, 5.41) is 12.0. The number of benzene rings is 2. The van der Waals surface area contributed by atoms with E-state index >= 15 is 0 Å². The van der Waals surface area contributed by atoms with Crippen molar-refractivity contribution in [2.45, 2.75) is 13.5 Å². The second-order valence-electron chi connectivity index (χ2n) is 5.94. The van der Waals surface area contributed by atoms with Gasteiger partial charge >= 0.3 is 0 Å². The van der Waals surface area contributed by atoms with Crippen molar-refractivity contribution in [2.75, 3.05) is 19.0 Å². The Hall–Kier alpha value is -3.25. The fraction of sp³-hybridized carbons (Fsp3) is 0.190. The maximum absolute atomic E-state index is 12.2. The Balaban J connectivity index is 1.72. The summed E-state index contributed by atoms with van der Waals surface area (Å²) in [6, 6.07) is 16.2. The molecule has 6 nitrogen and oxygen atoms in total. The van der Waals surface area contributed by atoms with Crippen LogP contribution in [0.25, 0.3) is 11.3 Å². The average Bonchev–Trinajstić information content (AvgIpc) is 3.16. The number of furan rings is 1. The molecule has 6 heteroatoms. The number of carbonyl (C=O) groups excluding carboxylic acids is 1. The number of aryl methyl sites for hydroxylation is 1. The van der Waals surface area contributed by atoms with Crippen molar-refractivity contribution >= 4 is 11.6 Å². The van der Waals surface area contributed by atoms with Crippen molar-refractivity contribution in [2.24, 2.45) is 0 Å². The third-order valence-corrected chi connectivity index (χ3v) is 4.02. The van der Waals surface area contributed by atoms with E-state index < -0.39 is 0 Å². The molecule has 0 atom stereocenters. The Morgan fingerprint density at radius 1 is 1.11 bits per heavy atom. The number of amides is 1. The van der Waals surface area contributed by atoms with Crippen molar-refractivity contribution in [3.63, 3.8) is 0 Å². The van der Waals surface area contributed by atoms with E-state index in [-0.39, 0.29) is 19.1 Å². The number of anilines is 1. The molecule has 0 fully saturated rings. The van der Waals surface area contributed by atoms with Crippen LogP contribution in [-0.4, -0.2) is 24.7 Å². The van der Waals surface area contributed by atoms with E-state index in [1.807, 2.05) is 31.2 Å². The van der Waals surface area contributed by atoms with Gasteiger partial charge in [-0.15, -0.1) is 0 Å². The molecule has 1 aromatic heterocycles. The number of rotatable bonds is 7. The van der Waals surface area contributed by atoms with E-state index in [2.05, 4.69) is 5.32 Å². The lowest BCUT2D eigenvalue weighted by Gasteiger charge is -2.12. The molecular formula is C21H21NO5. The molecule has 0 aliphatic carbocycles. The van der Waals surface area contributed by atoms with Gasteiger partial charge in [-0.05, 0) is 48.9 Å². The number of para-hydroxylation sites is 1.